The summed E-state index contributed by atoms with van der Waals surface area (Å²) in [6, 6.07) is 0. The van der Waals surface area contributed by atoms with Gasteiger partial charge in [-0.1, -0.05) is 25.5 Å². The Morgan fingerprint density at radius 1 is 1.19 bits per heavy atom. The molecule has 0 bridgehead atoms. The number of rotatable bonds is 3. The van der Waals surface area contributed by atoms with Gasteiger partial charge < -0.3 is 19.3 Å². The molecule has 2 aliphatic heterocycles. The first-order valence-electron chi connectivity index (χ1n) is 14.0. The minimum atomic E-state index is -1.30. The Kier molecular flexibility index (Phi) is 5.32. The number of fused-ring (bicyclic) bond motifs is 4. The second-order valence-corrected chi connectivity index (χ2v) is 13.3. The monoisotopic (exact) mass is 512 g/mol. The van der Waals surface area contributed by atoms with Gasteiger partial charge >= 0.3 is 11.9 Å². The number of ketones is 1. The summed E-state index contributed by atoms with van der Waals surface area (Å²) in [5, 5.41) is 12.9. The van der Waals surface area contributed by atoms with Crippen molar-refractivity contribution in [2.24, 2.45) is 34.5 Å². The summed E-state index contributed by atoms with van der Waals surface area (Å²) < 4.78 is 18.1. The van der Waals surface area contributed by atoms with Crippen molar-refractivity contribution in [3.8, 4) is 0 Å². The first kappa shape index (κ1) is 25.3. The Hall–Kier alpha value is -1.99. The second-order valence-electron chi connectivity index (χ2n) is 13.3. The van der Waals surface area contributed by atoms with Crippen LogP contribution in [-0.4, -0.2) is 52.3 Å². The van der Waals surface area contributed by atoms with Gasteiger partial charge in [0.2, 0.25) is 0 Å². The number of carbonyl (C=O) groups excluding carboxylic acids is 3. The number of hydrogen-bond acceptors (Lipinski definition) is 7. The Morgan fingerprint density at radius 2 is 1.92 bits per heavy atom. The second kappa shape index (κ2) is 7.78. The highest BCUT2D eigenvalue weighted by Gasteiger charge is 2.81. The average molecular weight is 513 g/mol. The maximum Gasteiger partial charge on any atom is 0.333 e. The van der Waals surface area contributed by atoms with Gasteiger partial charge in [0.25, 0.3) is 0 Å². The summed E-state index contributed by atoms with van der Waals surface area (Å²) in [6.45, 7) is 11.5. The van der Waals surface area contributed by atoms with E-state index in [1.165, 1.54) is 6.92 Å². The predicted molar refractivity (Wildman–Crippen MR) is 134 cm³/mol. The van der Waals surface area contributed by atoms with Crippen LogP contribution in [0.15, 0.2) is 23.3 Å². The lowest BCUT2D eigenvalue weighted by Gasteiger charge is -2.61. The topological polar surface area (TPSA) is 102 Å². The van der Waals surface area contributed by atoms with E-state index in [0.29, 0.717) is 31.3 Å². The van der Waals surface area contributed by atoms with Crippen LogP contribution in [0.1, 0.15) is 80.1 Å². The smallest absolute Gasteiger partial charge is 0.333 e. The standard InChI is InChI=1S/C30H40O7/c1-15-12-22(36-26(33)16(15)2)17(3)20-13-25(35-18(4)31)30(34)21-14-24-29(37-24)10-7-8-23(32)28(29,6)19(21)9-11-27(20,30)5/h7-8,17,19-22,24-25,34H,9-14H2,1-6H3/t17-,19-,20?,21+,22+,24+,25-,27+,28-,29+,30+/m0/s1. The lowest BCUT2D eigenvalue weighted by atomic mass is 9.43. The Morgan fingerprint density at radius 3 is 2.59 bits per heavy atom. The van der Waals surface area contributed by atoms with Gasteiger partial charge in [-0.05, 0) is 82.6 Å². The molecule has 0 aromatic heterocycles. The van der Waals surface area contributed by atoms with E-state index in [0.717, 1.165) is 18.4 Å². The molecule has 0 amide bonds. The molecule has 7 nitrogen and oxygen atoms in total. The first-order chi connectivity index (χ1) is 17.3. The van der Waals surface area contributed by atoms with Gasteiger partial charge in [-0.3, -0.25) is 9.59 Å². The largest absolute Gasteiger partial charge is 0.459 e. The normalized spacial score (nSPS) is 50.9. The Labute approximate surface area is 219 Å². The molecule has 37 heavy (non-hydrogen) atoms. The first-order valence-corrected chi connectivity index (χ1v) is 14.0. The van der Waals surface area contributed by atoms with Crippen molar-refractivity contribution >= 4 is 17.7 Å². The van der Waals surface area contributed by atoms with Crippen LogP contribution in [0.5, 0.6) is 0 Å². The lowest BCUT2D eigenvalue weighted by Crippen LogP contribution is -2.68. The fourth-order valence-corrected chi connectivity index (χ4v) is 9.72. The van der Waals surface area contributed by atoms with E-state index >= 15 is 0 Å². The lowest BCUT2D eigenvalue weighted by molar-refractivity contribution is -0.232. The van der Waals surface area contributed by atoms with Crippen molar-refractivity contribution in [2.45, 2.75) is 110 Å². The highest BCUT2D eigenvalue weighted by molar-refractivity contribution is 5.97. The molecule has 6 rings (SSSR count). The highest BCUT2D eigenvalue weighted by Crippen LogP contribution is 2.74. The molecular formula is C30H40O7. The molecule has 6 aliphatic rings. The molecule has 1 spiro atoms. The number of aliphatic hydroxyl groups is 1. The summed E-state index contributed by atoms with van der Waals surface area (Å²) in [6.07, 6.45) is 6.66. The molecular weight excluding hydrogens is 472 g/mol. The van der Waals surface area contributed by atoms with Crippen LogP contribution in [0.25, 0.3) is 0 Å². The molecule has 1 saturated heterocycles. The van der Waals surface area contributed by atoms with Crippen LogP contribution in [0.2, 0.25) is 0 Å². The van der Waals surface area contributed by atoms with Crippen molar-refractivity contribution in [1.29, 1.82) is 0 Å². The Bertz CT molecular complexity index is 1140. The number of allylic oxidation sites excluding steroid dienone is 1. The third-order valence-electron chi connectivity index (χ3n) is 12.1. The minimum absolute atomic E-state index is 0.0200. The number of ether oxygens (including phenoxy) is 3. The molecule has 0 aromatic rings. The predicted octanol–water partition coefficient (Wildman–Crippen LogP) is 4.07. The van der Waals surface area contributed by atoms with Crippen LogP contribution in [0, 0.1) is 34.5 Å². The molecule has 3 saturated carbocycles. The Balaban J connectivity index is 1.40. The van der Waals surface area contributed by atoms with Crippen molar-refractivity contribution in [1.82, 2.24) is 0 Å². The van der Waals surface area contributed by atoms with E-state index in [4.69, 9.17) is 14.2 Å². The van der Waals surface area contributed by atoms with Gasteiger partial charge in [0.15, 0.2) is 5.78 Å². The van der Waals surface area contributed by atoms with Crippen LogP contribution >= 0.6 is 0 Å². The maximum atomic E-state index is 13.5. The zero-order valence-corrected chi connectivity index (χ0v) is 22.8. The van der Waals surface area contributed by atoms with E-state index in [-0.39, 0.29) is 47.6 Å². The molecule has 4 fully saturated rings. The molecule has 4 aliphatic carbocycles. The third kappa shape index (κ3) is 2.99. The quantitative estimate of drug-likeness (QED) is 0.449. The number of carbonyl (C=O) groups is 3. The molecule has 1 unspecified atom stereocenters. The van der Waals surface area contributed by atoms with Crippen molar-refractivity contribution in [3.63, 3.8) is 0 Å². The fourth-order valence-electron chi connectivity index (χ4n) is 9.72. The SMILES string of the molecule is CC(=O)O[C@H]1CC([C@H](C)[C@H]2CC(C)=C(C)C(=O)O2)[C@@]2(C)CC[C@H]3[C@@H](C[C@H]4O[C@]45CC=CC(=O)[C@]35C)[C@@]12O. The molecule has 0 radical (unpaired) electrons. The van der Waals surface area contributed by atoms with Crippen LogP contribution in [-0.2, 0) is 28.6 Å². The molecule has 0 aromatic carbocycles. The van der Waals surface area contributed by atoms with Gasteiger partial charge in [-0.2, -0.15) is 0 Å². The van der Waals surface area contributed by atoms with Crippen LogP contribution in [0.3, 0.4) is 0 Å². The molecule has 202 valence electrons. The van der Waals surface area contributed by atoms with E-state index in [9.17, 15) is 19.5 Å². The summed E-state index contributed by atoms with van der Waals surface area (Å²) in [5.41, 5.74) is -1.33. The van der Waals surface area contributed by atoms with Gasteiger partial charge in [-0.25, -0.2) is 4.79 Å². The van der Waals surface area contributed by atoms with E-state index < -0.39 is 34.1 Å². The zero-order chi connectivity index (χ0) is 26.7. The molecule has 2 heterocycles. The number of esters is 2. The highest BCUT2D eigenvalue weighted by atomic mass is 16.6. The van der Waals surface area contributed by atoms with Gasteiger partial charge in [-0.15, -0.1) is 0 Å². The van der Waals surface area contributed by atoms with Crippen LogP contribution in [0.4, 0.5) is 0 Å². The number of hydrogen-bond donors (Lipinski definition) is 1. The fraction of sp³-hybridized carbons (Fsp3) is 0.767. The summed E-state index contributed by atoms with van der Waals surface area (Å²) >= 11 is 0. The summed E-state index contributed by atoms with van der Waals surface area (Å²) in [4.78, 5) is 38.3. The molecule has 7 heteroatoms. The van der Waals surface area contributed by atoms with Crippen molar-refractivity contribution in [2.75, 3.05) is 0 Å². The number of epoxide rings is 1. The van der Waals surface area contributed by atoms with Gasteiger partial charge in [0.1, 0.15) is 23.4 Å². The molecule has 11 atom stereocenters. The van der Waals surface area contributed by atoms with Crippen molar-refractivity contribution in [3.05, 3.63) is 23.3 Å². The number of cyclic esters (lactones) is 1. The van der Waals surface area contributed by atoms with Gasteiger partial charge in [0.05, 0.1) is 11.5 Å². The summed E-state index contributed by atoms with van der Waals surface area (Å²) in [7, 11) is 0. The molecule has 1 N–H and O–H groups in total. The van der Waals surface area contributed by atoms with Crippen LogP contribution < -0.4 is 0 Å². The van der Waals surface area contributed by atoms with E-state index in [1.54, 1.807) is 13.0 Å². The van der Waals surface area contributed by atoms with E-state index in [1.807, 2.05) is 19.9 Å². The van der Waals surface area contributed by atoms with Crippen molar-refractivity contribution < 1.29 is 33.7 Å². The average Bonchev–Trinajstić information content (AvgIpc) is 3.49. The minimum Gasteiger partial charge on any atom is -0.459 e. The maximum absolute atomic E-state index is 13.5. The summed E-state index contributed by atoms with van der Waals surface area (Å²) in [5.74, 6) is -0.942. The zero-order valence-electron chi connectivity index (χ0n) is 22.8. The van der Waals surface area contributed by atoms with Gasteiger partial charge in [0, 0.05) is 24.3 Å². The third-order valence-corrected chi connectivity index (χ3v) is 12.1. The van der Waals surface area contributed by atoms with E-state index in [2.05, 4.69) is 13.8 Å².